The third-order valence-electron chi connectivity index (χ3n) is 4.00. The molecule has 0 bridgehead atoms. The molecule has 6 heteroatoms. The number of ketones is 1. The van der Waals surface area contributed by atoms with Gasteiger partial charge in [0.1, 0.15) is 11.5 Å². The fourth-order valence-corrected chi connectivity index (χ4v) is 2.62. The topological polar surface area (TPSA) is 67.2 Å². The molecule has 1 aliphatic rings. The summed E-state index contributed by atoms with van der Waals surface area (Å²) in [5.41, 5.74) is 0.683. The zero-order valence-corrected chi connectivity index (χ0v) is 13.5. The molecule has 0 saturated carbocycles. The maximum Gasteiger partial charge on any atom is 0.180 e. The van der Waals surface area contributed by atoms with Crippen LogP contribution < -0.4 is 0 Å². The minimum atomic E-state index is -0.109. The van der Waals surface area contributed by atoms with Gasteiger partial charge in [0.05, 0.1) is 17.7 Å². The molecule has 0 spiro atoms. The van der Waals surface area contributed by atoms with Crippen LogP contribution in [0.15, 0.2) is 12.1 Å². The van der Waals surface area contributed by atoms with Crippen molar-refractivity contribution >= 4 is 5.78 Å². The second kappa shape index (κ2) is 7.09. The first kappa shape index (κ1) is 16.7. The summed E-state index contributed by atoms with van der Waals surface area (Å²) in [7, 11) is 5.76. The smallest absolute Gasteiger partial charge is 0.180 e. The monoisotopic (exact) mass is 307 g/mol. The highest BCUT2D eigenvalue weighted by atomic mass is 16.3. The van der Waals surface area contributed by atoms with Crippen molar-refractivity contribution in [3.63, 3.8) is 0 Å². The van der Waals surface area contributed by atoms with Gasteiger partial charge in [0.2, 0.25) is 0 Å². The number of phenols is 2. The standard InChI is InChI=1S/C16H25N3O3/c1-17(2)10-13-14(20)5-4-12(16(13)22)15(21)11-19-8-6-18(3)7-9-19/h4-5,20,22H,6-11H2,1-3H3. The van der Waals surface area contributed by atoms with Gasteiger partial charge in [-0.25, -0.2) is 0 Å². The average Bonchev–Trinajstić information content (AvgIpc) is 2.45. The van der Waals surface area contributed by atoms with Crippen molar-refractivity contribution in [1.29, 1.82) is 0 Å². The number of carbonyl (C=O) groups excluding carboxylic acids is 1. The first-order valence-corrected chi connectivity index (χ1v) is 7.51. The molecule has 0 aromatic heterocycles. The first-order valence-electron chi connectivity index (χ1n) is 7.51. The molecule has 0 aliphatic carbocycles. The Bertz CT molecular complexity index is 538. The Labute approximate surface area is 131 Å². The number of hydrogen-bond donors (Lipinski definition) is 2. The van der Waals surface area contributed by atoms with Crippen LogP contribution in [0.5, 0.6) is 11.5 Å². The van der Waals surface area contributed by atoms with Gasteiger partial charge in [-0.2, -0.15) is 0 Å². The van der Waals surface area contributed by atoms with Crippen molar-refractivity contribution in [3.05, 3.63) is 23.3 Å². The molecule has 122 valence electrons. The van der Waals surface area contributed by atoms with Crippen LogP contribution in [0.25, 0.3) is 0 Å². The molecule has 0 atom stereocenters. The van der Waals surface area contributed by atoms with Gasteiger partial charge in [0.25, 0.3) is 0 Å². The van der Waals surface area contributed by atoms with Gasteiger partial charge in [-0.15, -0.1) is 0 Å². The van der Waals surface area contributed by atoms with E-state index in [0.717, 1.165) is 26.2 Å². The Morgan fingerprint density at radius 3 is 2.41 bits per heavy atom. The van der Waals surface area contributed by atoms with Gasteiger partial charge in [-0.05, 0) is 33.3 Å². The molecule has 0 unspecified atom stereocenters. The average molecular weight is 307 g/mol. The summed E-state index contributed by atoms with van der Waals surface area (Å²) in [4.78, 5) is 18.6. The summed E-state index contributed by atoms with van der Waals surface area (Å²) < 4.78 is 0. The van der Waals surface area contributed by atoms with E-state index in [0.29, 0.717) is 18.7 Å². The van der Waals surface area contributed by atoms with Gasteiger partial charge in [-0.1, -0.05) is 0 Å². The second-order valence-electron chi connectivity index (χ2n) is 6.20. The lowest BCUT2D eigenvalue weighted by atomic mass is 10.0. The van der Waals surface area contributed by atoms with Crippen molar-refractivity contribution in [1.82, 2.24) is 14.7 Å². The number of carbonyl (C=O) groups is 1. The molecule has 6 nitrogen and oxygen atoms in total. The highest BCUT2D eigenvalue weighted by molar-refractivity contribution is 6.00. The SMILES string of the molecule is CN(C)Cc1c(O)ccc(C(=O)CN2CCN(C)CC2)c1O. The molecule has 1 heterocycles. The maximum atomic E-state index is 12.5. The number of piperazine rings is 1. The van der Waals surface area contributed by atoms with E-state index in [4.69, 9.17) is 0 Å². The number of hydrogen-bond acceptors (Lipinski definition) is 6. The molecular weight excluding hydrogens is 282 g/mol. The Morgan fingerprint density at radius 2 is 1.82 bits per heavy atom. The predicted molar refractivity (Wildman–Crippen MR) is 85.4 cm³/mol. The van der Waals surface area contributed by atoms with Crippen LogP contribution in [-0.2, 0) is 6.54 Å². The van der Waals surface area contributed by atoms with E-state index >= 15 is 0 Å². The van der Waals surface area contributed by atoms with Crippen LogP contribution in [0.1, 0.15) is 15.9 Å². The number of benzene rings is 1. The largest absolute Gasteiger partial charge is 0.507 e. The van der Waals surface area contributed by atoms with Crippen LogP contribution in [0.2, 0.25) is 0 Å². The number of likely N-dealkylation sites (N-methyl/N-ethyl adjacent to an activating group) is 1. The van der Waals surface area contributed by atoms with Gasteiger partial charge >= 0.3 is 0 Å². The highest BCUT2D eigenvalue weighted by Gasteiger charge is 2.21. The minimum Gasteiger partial charge on any atom is -0.507 e. The van der Waals surface area contributed by atoms with E-state index in [2.05, 4.69) is 16.8 Å². The summed E-state index contributed by atoms with van der Waals surface area (Å²) in [5.74, 6) is -0.197. The van der Waals surface area contributed by atoms with Crippen LogP contribution in [-0.4, -0.2) is 84.6 Å². The predicted octanol–water partition coefficient (Wildman–Crippen LogP) is 0.589. The molecule has 1 aromatic carbocycles. The van der Waals surface area contributed by atoms with Crippen LogP contribution >= 0.6 is 0 Å². The van der Waals surface area contributed by atoms with Crippen molar-refractivity contribution in [3.8, 4) is 11.5 Å². The summed E-state index contributed by atoms with van der Waals surface area (Å²) in [6.45, 7) is 4.28. The fraction of sp³-hybridized carbons (Fsp3) is 0.562. The number of nitrogens with zero attached hydrogens (tertiary/aromatic N) is 3. The Hall–Kier alpha value is -1.63. The lowest BCUT2D eigenvalue weighted by molar-refractivity contribution is 0.0873. The van der Waals surface area contributed by atoms with E-state index in [1.807, 2.05) is 19.0 Å². The molecule has 1 aliphatic heterocycles. The van der Waals surface area contributed by atoms with Gasteiger partial charge in [-0.3, -0.25) is 9.69 Å². The van der Waals surface area contributed by atoms with Crippen molar-refractivity contribution in [2.45, 2.75) is 6.54 Å². The summed E-state index contributed by atoms with van der Waals surface area (Å²) in [5, 5.41) is 20.2. The zero-order valence-electron chi connectivity index (χ0n) is 13.5. The summed E-state index contributed by atoms with van der Waals surface area (Å²) in [6.07, 6.45) is 0. The minimum absolute atomic E-state index is 0.0161. The summed E-state index contributed by atoms with van der Waals surface area (Å²) >= 11 is 0. The van der Waals surface area contributed by atoms with Crippen molar-refractivity contribution < 1.29 is 15.0 Å². The fourth-order valence-electron chi connectivity index (χ4n) is 2.62. The van der Waals surface area contributed by atoms with Crippen molar-refractivity contribution in [2.75, 3.05) is 53.9 Å². The summed E-state index contributed by atoms with van der Waals surface area (Å²) in [6, 6.07) is 2.98. The third kappa shape index (κ3) is 3.97. The Balaban J connectivity index is 2.12. The van der Waals surface area contributed by atoms with Gasteiger partial charge < -0.3 is 20.0 Å². The molecular formula is C16H25N3O3. The highest BCUT2D eigenvalue weighted by Crippen LogP contribution is 2.31. The molecule has 1 saturated heterocycles. The Morgan fingerprint density at radius 1 is 1.18 bits per heavy atom. The third-order valence-corrected chi connectivity index (χ3v) is 4.00. The van der Waals surface area contributed by atoms with Crippen molar-refractivity contribution in [2.24, 2.45) is 0 Å². The van der Waals surface area contributed by atoms with E-state index in [9.17, 15) is 15.0 Å². The van der Waals surface area contributed by atoms with E-state index in [1.54, 1.807) is 0 Å². The zero-order chi connectivity index (χ0) is 16.3. The number of Topliss-reactive ketones (excluding diaryl/α,β-unsaturated/α-hetero) is 1. The lowest BCUT2D eigenvalue weighted by Crippen LogP contribution is -2.46. The Kier molecular flexibility index (Phi) is 5.39. The van der Waals surface area contributed by atoms with Crippen LogP contribution in [0.3, 0.4) is 0 Å². The van der Waals surface area contributed by atoms with Crippen LogP contribution in [0, 0.1) is 0 Å². The van der Waals surface area contributed by atoms with Crippen LogP contribution in [0.4, 0.5) is 0 Å². The molecule has 22 heavy (non-hydrogen) atoms. The van der Waals surface area contributed by atoms with Gasteiger partial charge in [0, 0.05) is 32.7 Å². The molecule has 0 amide bonds. The lowest BCUT2D eigenvalue weighted by Gasteiger charge is -2.31. The first-order chi connectivity index (χ1) is 10.4. The maximum absolute atomic E-state index is 12.5. The number of aromatic hydroxyl groups is 2. The normalized spacial score (nSPS) is 17.1. The van der Waals surface area contributed by atoms with Gasteiger partial charge in [0.15, 0.2) is 5.78 Å². The molecule has 2 N–H and O–H groups in total. The number of rotatable bonds is 5. The molecule has 1 fully saturated rings. The quantitative estimate of drug-likeness (QED) is 0.776. The van der Waals surface area contributed by atoms with E-state index in [-0.39, 0.29) is 22.8 Å². The molecule has 0 radical (unpaired) electrons. The van der Waals surface area contributed by atoms with E-state index in [1.165, 1.54) is 12.1 Å². The van der Waals surface area contributed by atoms with E-state index < -0.39 is 0 Å². The molecule has 1 aromatic rings. The number of phenolic OH excluding ortho intramolecular Hbond substituents is 2. The second-order valence-corrected chi connectivity index (χ2v) is 6.20. The molecule has 2 rings (SSSR count).